The zero-order valence-corrected chi connectivity index (χ0v) is 11.9. The van der Waals surface area contributed by atoms with Crippen molar-refractivity contribution in [2.24, 2.45) is 0 Å². The first-order valence-electron chi connectivity index (χ1n) is 5.75. The van der Waals surface area contributed by atoms with E-state index in [1.807, 2.05) is 0 Å². The summed E-state index contributed by atoms with van der Waals surface area (Å²) in [5.74, 6) is 0.362. The molecule has 0 atom stereocenters. The van der Waals surface area contributed by atoms with E-state index in [1.54, 1.807) is 19.2 Å². The van der Waals surface area contributed by atoms with Crippen LogP contribution in [0.25, 0.3) is 17.4 Å². The van der Waals surface area contributed by atoms with Crippen molar-refractivity contribution in [3.63, 3.8) is 0 Å². The third kappa shape index (κ3) is 2.38. The molecule has 0 aromatic carbocycles. The first-order chi connectivity index (χ1) is 9.84. The highest BCUT2D eigenvalue weighted by Crippen LogP contribution is 2.13. The zero-order chi connectivity index (χ0) is 15.2. The van der Waals surface area contributed by atoms with E-state index in [0.717, 1.165) is 16.5 Å². The minimum Gasteiger partial charge on any atom is -0.368 e. The van der Waals surface area contributed by atoms with Crippen LogP contribution in [0.1, 0.15) is 5.69 Å². The Morgan fingerprint density at radius 2 is 1.90 bits per heavy atom. The molecule has 0 unspecified atom stereocenters. The molecule has 0 aliphatic heterocycles. The lowest BCUT2D eigenvalue weighted by Crippen LogP contribution is -2.11. The van der Waals surface area contributed by atoms with Crippen LogP contribution in [-0.2, 0) is 9.84 Å². The molecule has 10 nitrogen and oxygen atoms in total. The molecule has 0 saturated carbocycles. The summed E-state index contributed by atoms with van der Waals surface area (Å²) in [7, 11) is -3.59. The zero-order valence-electron chi connectivity index (χ0n) is 11.1. The van der Waals surface area contributed by atoms with Crippen LogP contribution < -0.4 is 5.73 Å². The highest BCUT2D eigenvalue weighted by Gasteiger charge is 2.18. The van der Waals surface area contributed by atoms with Gasteiger partial charge in [-0.25, -0.2) is 18.4 Å². The summed E-state index contributed by atoms with van der Waals surface area (Å²) in [5.41, 5.74) is 6.42. The van der Waals surface area contributed by atoms with Gasteiger partial charge in [0.15, 0.2) is 5.82 Å². The molecule has 3 rings (SSSR count). The van der Waals surface area contributed by atoms with Crippen molar-refractivity contribution in [1.29, 1.82) is 0 Å². The lowest BCUT2D eigenvalue weighted by molar-refractivity contribution is 0.592. The van der Waals surface area contributed by atoms with Gasteiger partial charge in [-0.15, -0.1) is 5.10 Å². The highest BCUT2D eigenvalue weighted by molar-refractivity contribution is 7.90. The molecule has 0 radical (unpaired) electrons. The van der Waals surface area contributed by atoms with E-state index in [2.05, 4.69) is 30.0 Å². The first kappa shape index (κ1) is 13.3. The van der Waals surface area contributed by atoms with Crippen LogP contribution in [0.5, 0.6) is 0 Å². The molecule has 21 heavy (non-hydrogen) atoms. The number of rotatable bonds is 2. The quantitative estimate of drug-likeness (QED) is 0.648. The number of aromatic nitrogens is 7. The summed E-state index contributed by atoms with van der Waals surface area (Å²) < 4.78 is 24.1. The minimum atomic E-state index is -3.59. The molecule has 11 heteroatoms. The number of nitrogen functional groups attached to an aromatic ring is 1. The lowest BCUT2D eigenvalue weighted by atomic mass is 10.4. The van der Waals surface area contributed by atoms with Crippen molar-refractivity contribution in [2.75, 3.05) is 12.0 Å². The number of sulfone groups is 1. The fraction of sp³-hybridized carbons (Fsp3) is 0.200. The van der Waals surface area contributed by atoms with E-state index in [1.165, 1.54) is 0 Å². The maximum absolute atomic E-state index is 11.5. The number of nitrogens with two attached hydrogens (primary N) is 1. The van der Waals surface area contributed by atoms with Crippen molar-refractivity contribution in [2.45, 2.75) is 12.1 Å². The summed E-state index contributed by atoms with van der Waals surface area (Å²) in [6, 6.07) is 1.73. The van der Waals surface area contributed by atoms with Gasteiger partial charge in [-0.05, 0) is 13.0 Å². The van der Waals surface area contributed by atoms with Crippen LogP contribution in [0.3, 0.4) is 0 Å². The average Bonchev–Trinajstić information content (AvgIpc) is 2.82. The second-order valence-electron chi connectivity index (χ2n) is 4.31. The van der Waals surface area contributed by atoms with Crippen molar-refractivity contribution < 1.29 is 8.42 Å². The second-order valence-corrected chi connectivity index (χ2v) is 6.21. The van der Waals surface area contributed by atoms with Gasteiger partial charge in [-0.1, -0.05) is 0 Å². The van der Waals surface area contributed by atoms with E-state index in [-0.39, 0.29) is 17.6 Å². The monoisotopic (exact) mass is 306 g/mol. The van der Waals surface area contributed by atoms with E-state index in [4.69, 9.17) is 5.73 Å². The molecule has 3 aromatic rings. The van der Waals surface area contributed by atoms with Gasteiger partial charge in [0.25, 0.3) is 10.9 Å². The second kappa shape index (κ2) is 4.41. The molecule has 0 aliphatic carbocycles. The topological polar surface area (TPSA) is 142 Å². The van der Waals surface area contributed by atoms with Gasteiger partial charge in [0.05, 0.1) is 0 Å². The van der Waals surface area contributed by atoms with Crippen molar-refractivity contribution in [1.82, 2.24) is 34.5 Å². The van der Waals surface area contributed by atoms with Crippen LogP contribution in [0.2, 0.25) is 0 Å². The van der Waals surface area contributed by atoms with Gasteiger partial charge in [-0.3, -0.25) is 0 Å². The largest absolute Gasteiger partial charge is 0.368 e. The summed E-state index contributed by atoms with van der Waals surface area (Å²) in [6.45, 7) is 1.80. The van der Waals surface area contributed by atoms with E-state index >= 15 is 0 Å². The van der Waals surface area contributed by atoms with Crippen LogP contribution in [0.4, 0.5) is 5.95 Å². The van der Waals surface area contributed by atoms with Crippen molar-refractivity contribution in [3.05, 3.63) is 18.0 Å². The van der Waals surface area contributed by atoms with Crippen LogP contribution >= 0.6 is 0 Å². The molecule has 0 bridgehead atoms. The molecule has 0 aliphatic rings. The Morgan fingerprint density at radius 3 is 2.57 bits per heavy atom. The van der Waals surface area contributed by atoms with Gasteiger partial charge in [-0.2, -0.15) is 19.5 Å². The van der Waals surface area contributed by atoms with Gasteiger partial charge < -0.3 is 5.73 Å². The Morgan fingerprint density at radius 1 is 1.14 bits per heavy atom. The predicted molar refractivity (Wildman–Crippen MR) is 71.9 cm³/mol. The smallest absolute Gasteiger partial charge is 0.258 e. The Hall–Kier alpha value is -2.69. The van der Waals surface area contributed by atoms with Crippen molar-refractivity contribution in [3.8, 4) is 11.6 Å². The number of hydrogen-bond donors (Lipinski definition) is 1. The number of nitrogens with zero attached hydrogens (tertiary/aromatic N) is 7. The van der Waals surface area contributed by atoms with E-state index in [9.17, 15) is 8.42 Å². The van der Waals surface area contributed by atoms with Gasteiger partial charge in [0, 0.05) is 18.1 Å². The van der Waals surface area contributed by atoms with Crippen molar-refractivity contribution >= 4 is 21.6 Å². The fourth-order valence-electron chi connectivity index (χ4n) is 1.60. The van der Waals surface area contributed by atoms with E-state index in [0.29, 0.717) is 5.82 Å². The summed E-state index contributed by atoms with van der Waals surface area (Å²) in [5, 5.41) is 3.68. The lowest BCUT2D eigenvalue weighted by Gasteiger charge is -1.99. The molecule has 3 heterocycles. The Balaban J connectivity index is 2.23. The van der Waals surface area contributed by atoms with E-state index < -0.39 is 15.0 Å². The van der Waals surface area contributed by atoms with Crippen LogP contribution in [-0.4, -0.2) is 49.2 Å². The van der Waals surface area contributed by atoms with Gasteiger partial charge in [0.2, 0.25) is 21.6 Å². The highest BCUT2D eigenvalue weighted by atomic mass is 32.2. The number of fused-ring (bicyclic) bond motifs is 1. The molecule has 3 aromatic heterocycles. The maximum Gasteiger partial charge on any atom is 0.258 e. The molecule has 0 fully saturated rings. The average molecular weight is 306 g/mol. The Kier molecular flexibility index (Phi) is 2.79. The Labute approximate surface area is 119 Å². The van der Waals surface area contributed by atoms with Gasteiger partial charge in [0.1, 0.15) is 0 Å². The number of anilines is 1. The number of hydrogen-bond acceptors (Lipinski definition) is 9. The molecule has 2 N–H and O–H groups in total. The predicted octanol–water partition coefficient (Wildman–Crippen LogP) is -0.730. The third-order valence-electron chi connectivity index (χ3n) is 2.54. The normalized spacial score (nSPS) is 11.9. The van der Waals surface area contributed by atoms with Crippen LogP contribution in [0, 0.1) is 6.92 Å². The minimum absolute atomic E-state index is 0.0167. The van der Waals surface area contributed by atoms with Crippen LogP contribution in [0.15, 0.2) is 17.4 Å². The molecular weight excluding hydrogens is 296 g/mol. The maximum atomic E-state index is 11.5. The molecule has 108 valence electrons. The van der Waals surface area contributed by atoms with Gasteiger partial charge >= 0.3 is 0 Å². The fourth-order valence-corrected chi connectivity index (χ4v) is 2.11. The summed E-state index contributed by atoms with van der Waals surface area (Å²) in [4.78, 5) is 19.8. The molecule has 0 amide bonds. The molecule has 0 spiro atoms. The molecular formula is C10H10N8O2S. The molecule has 0 saturated heterocycles. The standard InChI is InChI=1S/C10H10N8O2S/c1-5-3-4-12-6(13-5)7-14-9-16-10(21(2,19)20)15-8(11)18(9)17-7/h3-4H,1-2H3,(H2,11,14,15,16,17). The SMILES string of the molecule is Cc1ccnc(-c2nc3nc(S(C)(=O)=O)nc(N)n3n2)n1. The third-order valence-corrected chi connectivity index (χ3v) is 3.39. The number of aryl methyl sites for hydroxylation is 1. The first-order valence-corrected chi connectivity index (χ1v) is 7.64. The Bertz CT molecular complexity index is 949. The summed E-state index contributed by atoms with van der Waals surface area (Å²) in [6.07, 6.45) is 2.56. The summed E-state index contributed by atoms with van der Waals surface area (Å²) >= 11 is 0.